The number of carbonyl (C=O) groups is 1. The molecule has 22 heavy (non-hydrogen) atoms. The molecule has 2 aromatic carbocycles. The predicted octanol–water partition coefficient (Wildman–Crippen LogP) is 2.25. The van der Waals surface area contributed by atoms with Crippen LogP contribution >= 0.6 is 11.6 Å². The molecule has 0 saturated carbocycles. The molecule has 3 aromatic rings. The quantitative estimate of drug-likeness (QED) is 0.802. The van der Waals surface area contributed by atoms with Crippen LogP contribution in [0.25, 0.3) is 5.69 Å². The Morgan fingerprint density at radius 3 is 2.73 bits per heavy atom. The van der Waals surface area contributed by atoms with E-state index < -0.39 is 0 Å². The zero-order chi connectivity index (χ0) is 15.4. The number of halogens is 1. The SMILES string of the molecule is O=C(NCc1ccccc1)c1cc(-n2cnnn2)ccc1Cl. The average molecular weight is 314 g/mol. The second-order valence-electron chi connectivity index (χ2n) is 4.59. The van der Waals surface area contributed by atoms with Gasteiger partial charge in [0.15, 0.2) is 0 Å². The molecule has 1 N–H and O–H groups in total. The summed E-state index contributed by atoms with van der Waals surface area (Å²) in [5, 5.41) is 14.2. The number of hydrogen-bond donors (Lipinski definition) is 1. The van der Waals surface area contributed by atoms with Gasteiger partial charge in [0, 0.05) is 6.54 Å². The molecule has 0 spiro atoms. The minimum Gasteiger partial charge on any atom is -0.348 e. The lowest BCUT2D eigenvalue weighted by molar-refractivity contribution is 0.0951. The summed E-state index contributed by atoms with van der Waals surface area (Å²) in [5.74, 6) is -0.247. The zero-order valence-corrected chi connectivity index (χ0v) is 12.2. The number of nitrogens with one attached hydrogen (secondary N) is 1. The van der Waals surface area contributed by atoms with Crippen molar-refractivity contribution in [2.45, 2.75) is 6.54 Å². The van der Waals surface area contributed by atoms with E-state index in [1.54, 1.807) is 18.2 Å². The lowest BCUT2D eigenvalue weighted by Gasteiger charge is -2.08. The van der Waals surface area contributed by atoms with E-state index >= 15 is 0 Å². The van der Waals surface area contributed by atoms with Gasteiger partial charge in [-0.2, -0.15) is 0 Å². The van der Waals surface area contributed by atoms with Crippen molar-refractivity contribution < 1.29 is 4.79 Å². The molecule has 0 aliphatic carbocycles. The summed E-state index contributed by atoms with van der Waals surface area (Å²) in [6.07, 6.45) is 1.45. The molecule has 6 nitrogen and oxygen atoms in total. The largest absolute Gasteiger partial charge is 0.348 e. The van der Waals surface area contributed by atoms with E-state index in [1.165, 1.54) is 11.0 Å². The maximum absolute atomic E-state index is 12.3. The normalized spacial score (nSPS) is 10.4. The lowest BCUT2D eigenvalue weighted by atomic mass is 10.1. The highest BCUT2D eigenvalue weighted by Crippen LogP contribution is 2.19. The first-order valence-corrected chi connectivity index (χ1v) is 6.97. The molecular weight excluding hydrogens is 302 g/mol. The fourth-order valence-corrected chi connectivity index (χ4v) is 2.19. The number of benzene rings is 2. The molecule has 0 aliphatic rings. The maximum atomic E-state index is 12.3. The molecule has 110 valence electrons. The minimum absolute atomic E-state index is 0.247. The molecule has 1 aromatic heterocycles. The number of rotatable bonds is 4. The first-order valence-electron chi connectivity index (χ1n) is 6.59. The molecule has 1 heterocycles. The summed E-state index contributed by atoms with van der Waals surface area (Å²) in [6.45, 7) is 0.436. The van der Waals surface area contributed by atoms with Gasteiger partial charge in [0.1, 0.15) is 6.33 Å². The summed E-state index contributed by atoms with van der Waals surface area (Å²) >= 11 is 6.11. The van der Waals surface area contributed by atoms with Crippen molar-refractivity contribution >= 4 is 17.5 Å². The van der Waals surface area contributed by atoms with Crippen molar-refractivity contribution in [2.24, 2.45) is 0 Å². The highest BCUT2D eigenvalue weighted by Gasteiger charge is 2.12. The Labute approximate surface area is 131 Å². The van der Waals surface area contributed by atoms with E-state index in [1.807, 2.05) is 30.3 Å². The zero-order valence-electron chi connectivity index (χ0n) is 11.5. The molecule has 0 bridgehead atoms. The third-order valence-electron chi connectivity index (χ3n) is 3.10. The second-order valence-corrected chi connectivity index (χ2v) is 4.99. The Bertz CT molecular complexity index is 774. The van der Waals surface area contributed by atoms with E-state index in [9.17, 15) is 4.79 Å². The molecule has 1 amide bonds. The first-order chi connectivity index (χ1) is 10.7. The predicted molar refractivity (Wildman–Crippen MR) is 81.8 cm³/mol. The van der Waals surface area contributed by atoms with Crippen molar-refractivity contribution in [3.63, 3.8) is 0 Å². The maximum Gasteiger partial charge on any atom is 0.253 e. The van der Waals surface area contributed by atoms with Crippen molar-refractivity contribution in [1.29, 1.82) is 0 Å². The lowest BCUT2D eigenvalue weighted by Crippen LogP contribution is -2.23. The van der Waals surface area contributed by atoms with Crippen LogP contribution in [-0.2, 0) is 6.54 Å². The summed E-state index contributed by atoms with van der Waals surface area (Å²) in [6, 6.07) is 14.7. The van der Waals surface area contributed by atoms with Crippen LogP contribution in [0, 0.1) is 0 Å². The molecule has 0 atom stereocenters. The Hall–Kier alpha value is -2.73. The average Bonchev–Trinajstić information content (AvgIpc) is 3.08. The molecule has 0 aliphatic heterocycles. The van der Waals surface area contributed by atoms with E-state index in [0.29, 0.717) is 22.8 Å². The summed E-state index contributed by atoms with van der Waals surface area (Å²) in [5.41, 5.74) is 2.06. The minimum atomic E-state index is -0.247. The van der Waals surface area contributed by atoms with Crippen molar-refractivity contribution in [1.82, 2.24) is 25.5 Å². The summed E-state index contributed by atoms with van der Waals surface area (Å²) in [4.78, 5) is 12.3. The molecule has 3 rings (SSSR count). The number of hydrogen-bond acceptors (Lipinski definition) is 4. The van der Waals surface area contributed by atoms with Gasteiger partial charge < -0.3 is 5.32 Å². The third kappa shape index (κ3) is 3.12. The third-order valence-corrected chi connectivity index (χ3v) is 3.43. The van der Waals surface area contributed by atoms with Crippen LogP contribution in [-0.4, -0.2) is 26.1 Å². The smallest absolute Gasteiger partial charge is 0.253 e. The first kappa shape index (κ1) is 14.2. The van der Waals surface area contributed by atoms with Crippen LogP contribution in [0.1, 0.15) is 15.9 Å². The Kier molecular flexibility index (Phi) is 4.11. The number of aromatic nitrogens is 4. The van der Waals surface area contributed by atoms with Gasteiger partial charge in [-0.05, 0) is 34.2 Å². The van der Waals surface area contributed by atoms with E-state index in [4.69, 9.17) is 11.6 Å². The van der Waals surface area contributed by atoms with Crippen LogP contribution < -0.4 is 5.32 Å². The van der Waals surface area contributed by atoms with Crippen molar-refractivity contribution in [3.05, 3.63) is 71.0 Å². The standard InChI is InChI=1S/C15H12ClN5O/c16-14-7-6-12(21-10-18-19-20-21)8-13(14)15(22)17-9-11-4-2-1-3-5-11/h1-8,10H,9H2,(H,17,22). The Morgan fingerprint density at radius 2 is 2.00 bits per heavy atom. The van der Waals surface area contributed by atoms with Crippen LogP contribution in [0.4, 0.5) is 0 Å². The van der Waals surface area contributed by atoms with Crippen molar-refractivity contribution in [2.75, 3.05) is 0 Å². The van der Waals surface area contributed by atoms with E-state index in [0.717, 1.165) is 5.56 Å². The fourth-order valence-electron chi connectivity index (χ4n) is 1.98. The van der Waals surface area contributed by atoms with Gasteiger partial charge in [0.05, 0.1) is 16.3 Å². The van der Waals surface area contributed by atoms with Gasteiger partial charge in [-0.3, -0.25) is 4.79 Å². The van der Waals surface area contributed by atoms with Gasteiger partial charge in [0.2, 0.25) is 0 Å². The van der Waals surface area contributed by atoms with Crippen LogP contribution in [0.15, 0.2) is 54.9 Å². The molecule has 0 unspecified atom stereocenters. The van der Waals surface area contributed by atoms with Gasteiger partial charge in [-0.1, -0.05) is 41.9 Å². The second kappa shape index (κ2) is 6.36. The molecule has 0 radical (unpaired) electrons. The Morgan fingerprint density at radius 1 is 1.18 bits per heavy atom. The molecule has 7 heteroatoms. The monoisotopic (exact) mass is 313 g/mol. The van der Waals surface area contributed by atoms with Gasteiger partial charge >= 0.3 is 0 Å². The van der Waals surface area contributed by atoms with Gasteiger partial charge in [-0.25, -0.2) is 4.68 Å². The molecular formula is C15H12ClN5O. The molecule has 0 fully saturated rings. The van der Waals surface area contributed by atoms with Crippen LogP contribution in [0.5, 0.6) is 0 Å². The number of amides is 1. The van der Waals surface area contributed by atoms with Crippen LogP contribution in [0.2, 0.25) is 5.02 Å². The molecule has 0 saturated heterocycles. The van der Waals surface area contributed by atoms with E-state index in [2.05, 4.69) is 20.8 Å². The highest BCUT2D eigenvalue weighted by atomic mass is 35.5. The summed E-state index contributed by atoms with van der Waals surface area (Å²) < 4.78 is 1.46. The number of carbonyl (C=O) groups excluding carboxylic acids is 1. The number of nitrogens with zero attached hydrogens (tertiary/aromatic N) is 4. The highest BCUT2D eigenvalue weighted by molar-refractivity contribution is 6.33. The number of tetrazole rings is 1. The fraction of sp³-hybridized carbons (Fsp3) is 0.0667. The van der Waals surface area contributed by atoms with Crippen molar-refractivity contribution in [3.8, 4) is 5.69 Å². The van der Waals surface area contributed by atoms with E-state index in [-0.39, 0.29) is 5.91 Å². The van der Waals surface area contributed by atoms with Gasteiger partial charge in [-0.15, -0.1) is 5.10 Å². The topological polar surface area (TPSA) is 72.7 Å². The van der Waals surface area contributed by atoms with Crippen LogP contribution in [0.3, 0.4) is 0 Å². The summed E-state index contributed by atoms with van der Waals surface area (Å²) in [7, 11) is 0. The van der Waals surface area contributed by atoms with Gasteiger partial charge in [0.25, 0.3) is 5.91 Å². The Balaban J connectivity index is 1.78.